The number of benzene rings is 1. The van der Waals surface area contributed by atoms with E-state index in [1.54, 1.807) is 17.0 Å². The minimum Gasteiger partial charge on any atom is -0.457 e. The number of aromatic nitrogens is 3. The number of nitrogens with zero attached hydrogens (tertiary/aromatic N) is 2. The Balaban J connectivity index is 1.97. The maximum absolute atomic E-state index is 6.09. The normalized spacial score (nSPS) is 11.5. The fourth-order valence-electron chi connectivity index (χ4n) is 2.49. The van der Waals surface area contributed by atoms with Gasteiger partial charge in [-0.25, -0.2) is 0 Å². The number of aromatic amines is 1. The van der Waals surface area contributed by atoms with Gasteiger partial charge >= 0.3 is 0 Å². The third-order valence-electron chi connectivity index (χ3n) is 3.68. The third-order valence-corrected chi connectivity index (χ3v) is 3.68. The SMILES string of the molecule is C=C/C(=C\c1c(-c2cnn(C)c2)c[nH]c1N)Oc1cccc(C)c1. The van der Waals surface area contributed by atoms with E-state index in [0.29, 0.717) is 11.6 Å². The molecular weight excluding hydrogens is 300 g/mol. The van der Waals surface area contributed by atoms with Crippen LogP contribution in [0.4, 0.5) is 5.82 Å². The average Bonchev–Trinajstić information content (AvgIpc) is 3.13. The van der Waals surface area contributed by atoms with Crippen molar-refractivity contribution >= 4 is 11.9 Å². The van der Waals surface area contributed by atoms with Crippen LogP contribution in [-0.4, -0.2) is 14.8 Å². The van der Waals surface area contributed by atoms with Crippen LogP contribution in [0.1, 0.15) is 11.1 Å². The molecule has 5 nitrogen and oxygen atoms in total. The lowest BCUT2D eigenvalue weighted by molar-refractivity contribution is 0.449. The van der Waals surface area contributed by atoms with Crippen molar-refractivity contribution in [2.45, 2.75) is 6.92 Å². The van der Waals surface area contributed by atoms with E-state index in [4.69, 9.17) is 10.5 Å². The van der Waals surface area contributed by atoms with E-state index in [1.807, 2.05) is 56.7 Å². The average molecular weight is 320 g/mol. The van der Waals surface area contributed by atoms with Gasteiger partial charge in [0.1, 0.15) is 17.3 Å². The zero-order valence-corrected chi connectivity index (χ0v) is 13.8. The summed E-state index contributed by atoms with van der Waals surface area (Å²) in [5, 5.41) is 4.21. The number of anilines is 1. The highest BCUT2D eigenvalue weighted by molar-refractivity contribution is 5.81. The molecule has 0 radical (unpaired) electrons. The maximum Gasteiger partial charge on any atom is 0.127 e. The highest BCUT2D eigenvalue weighted by Gasteiger charge is 2.12. The van der Waals surface area contributed by atoms with Crippen LogP contribution in [0.25, 0.3) is 17.2 Å². The van der Waals surface area contributed by atoms with Crippen LogP contribution in [-0.2, 0) is 7.05 Å². The van der Waals surface area contributed by atoms with Gasteiger partial charge in [0, 0.05) is 36.1 Å². The lowest BCUT2D eigenvalue weighted by atomic mass is 10.1. The zero-order valence-electron chi connectivity index (χ0n) is 13.8. The largest absolute Gasteiger partial charge is 0.457 e. The summed E-state index contributed by atoms with van der Waals surface area (Å²) in [5.74, 6) is 1.95. The molecule has 0 saturated heterocycles. The quantitative estimate of drug-likeness (QED) is 0.553. The number of nitrogens with one attached hydrogen (secondary N) is 1. The number of allylic oxidation sites excluding steroid dienone is 1. The summed E-state index contributed by atoms with van der Waals surface area (Å²) < 4.78 is 7.68. The van der Waals surface area contributed by atoms with Gasteiger partial charge in [-0.05, 0) is 36.8 Å². The molecule has 3 rings (SSSR count). The van der Waals surface area contributed by atoms with Crippen LogP contribution in [0.3, 0.4) is 0 Å². The molecule has 0 amide bonds. The van der Waals surface area contributed by atoms with E-state index in [-0.39, 0.29) is 0 Å². The molecule has 1 aromatic carbocycles. The summed E-state index contributed by atoms with van der Waals surface area (Å²) in [6, 6.07) is 7.86. The fourth-order valence-corrected chi connectivity index (χ4v) is 2.49. The second-order valence-corrected chi connectivity index (χ2v) is 5.60. The van der Waals surface area contributed by atoms with Gasteiger partial charge in [0.15, 0.2) is 0 Å². The highest BCUT2D eigenvalue weighted by atomic mass is 16.5. The summed E-state index contributed by atoms with van der Waals surface area (Å²) in [5.41, 5.74) is 10.0. The summed E-state index contributed by atoms with van der Waals surface area (Å²) in [6.45, 7) is 5.86. The van der Waals surface area contributed by atoms with Crippen molar-refractivity contribution in [3.05, 3.63) is 72.4 Å². The van der Waals surface area contributed by atoms with Crippen LogP contribution in [0.15, 0.2) is 61.3 Å². The zero-order chi connectivity index (χ0) is 17.1. The molecule has 0 aliphatic heterocycles. The summed E-state index contributed by atoms with van der Waals surface area (Å²) in [6.07, 6.45) is 9.15. The van der Waals surface area contributed by atoms with Crippen molar-refractivity contribution in [2.75, 3.05) is 5.73 Å². The molecule has 0 unspecified atom stereocenters. The van der Waals surface area contributed by atoms with E-state index >= 15 is 0 Å². The Hall–Kier alpha value is -3.21. The van der Waals surface area contributed by atoms with Crippen molar-refractivity contribution < 1.29 is 4.74 Å². The van der Waals surface area contributed by atoms with E-state index in [1.165, 1.54) is 0 Å². The lowest BCUT2D eigenvalue weighted by Gasteiger charge is -2.08. The summed E-state index contributed by atoms with van der Waals surface area (Å²) in [7, 11) is 1.88. The Labute approximate surface area is 141 Å². The molecular formula is C19H20N4O. The van der Waals surface area contributed by atoms with Crippen molar-refractivity contribution in [2.24, 2.45) is 7.05 Å². The molecule has 0 atom stereocenters. The number of H-pyrrole nitrogens is 1. The Morgan fingerprint density at radius 3 is 2.92 bits per heavy atom. The topological polar surface area (TPSA) is 68.9 Å². The number of nitrogen functional groups attached to an aromatic ring is 1. The molecule has 0 aliphatic rings. The van der Waals surface area contributed by atoms with E-state index in [0.717, 1.165) is 28.0 Å². The summed E-state index contributed by atoms with van der Waals surface area (Å²) >= 11 is 0. The van der Waals surface area contributed by atoms with Crippen LogP contribution in [0.2, 0.25) is 0 Å². The molecule has 24 heavy (non-hydrogen) atoms. The Morgan fingerprint density at radius 1 is 1.42 bits per heavy atom. The molecule has 5 heteroatoms. The molecule has 0 aliphatic carbocycles. The summed E-state index contributed by atoms with van der Waals surface area (Å²) in [4.78, 5) is 3.05. The molecule has 0 saturated carbocycles. The van der Waals surface area contributed by atoms with Crippen LogP contribution >= 0.6 is 0 Å². The number of hydrogen-bond acceptors (Lipinski definition) is 3. The lowest BCUT2D eigenvalue weighted by Crippen LogP contribution is -1.94. The minimum absolute atomic E-state index is 0.570. The number of rotatable bonds is 5. The number of hydrogen-bond donors (Lipinski definition) is 2. The van der Waals surface area contributed by atoms with E-state index in [9.17, 15) is 0 Å². The highest BCUT2D eigenvalue weighted by Crippen LogP contribution is 2.30. The van der Waals surface area contributed by atoms with E-state index < -0.39 is 0 Å². The van der Waals surface area contributed by atoms with Crippen molar-refractivity contribution in [1.29, 1.82) is 0 Å². The first-order valence-electron chi connectivity index (χ1n) is 7.61. The predicted octanol–water partition coefficient (Wildman–Crippen LogP) is 3.91. The first kappa shape index (κ1) is 15.7. The molecule has 0 bridgehead atoms. The van der Waals surface area contributed by atoms with Gasteiger partial charge in [-0.2, -0.15) is 5.10 Å². The van der Waals surface area contributed by atoms with Gasteiger partial charge in [-0.1, -0.05) is 18.7 Å². The number of ether oxygens (including phenoxy) is 1. The monoisotopic (exact) mass is 320 g/mol. The van der Waals surface area contributed by atoms with Crippen LogP contribution in [0.5, 0.6) is 5.75 Å². The maximum atomic E-state index is 6.09. The van der Waals surface area contributed by atoms with Gasteiger partial charge in [0.25, 0.3) is 0 Å². The first-order valence-corrected chi connectivity index (χ1v) is 7.61. The van der Waals surface area contributed by atoms with Crippen molar-refractivity contribution in [1.82, 2.24) is 14.8 Å². The van der Waals surface area contributed by atoms with Crippen LogP contribution < -0.4 is 10.5 Å². The van der Waals surface area contributed by atoms with Gasteiger partial charge in [0.05, 0.1) is 6.20 Å². The van der Waals surface area contributed by atoms with Crippen molar-refractivity contribution in [3.63, 3.8) is 0 Å². The molecule has 2 heterocycles. The molecule has 0 spiro atoms. The first-order chi connectivity index (χ1) is 11.6. The number of nitrogens with two attached hydrogens (primary N) is 1. The van der Waals surface area contributed by atoms with E-state index in [2.05, 4.69) is 16.7 Å². The van der Waals surface area contributed by atoms with Gasteiger partial charge in [0.2, 0.25) is 0 Å². The molecule has 0 fully saturated rings. The Bertz CT molecular complexity index is 902. The van der Waals surface area contributed by atoms with Gasteiger partial charge < -0.3 is 15.5 Å². The fraction of sp³-hybridized carbons (Fsp3) is 0.105. The molecule has 3 aromatic rings. The minimum atomic E-state index is 0.570. The molecule has 3 N–H and O–H groups in total. The molecule has 2 aromatic heterocycles. The smallest absolute Gasteiger partial charge is 0.127 e. The standard InChI is InChI=1S/C19H20N4O/c1-4-15(24-16-7-5-6-13(2)8-16)9-17-18(11-21-19(17)20)14-10-22-23(3)12-14/h4-12,21H,1,20H2,2-3H3/b15-9+. The second kappa shape index (κ2) is 6.50. The third kappa shape index (κ3) is 3.25. The molecule has 122 valence electrons. The van der Waals surface area contributed by atoms with Gasteiger partial charge in [-0.15, -0.1) is 0 Å². The number of aryl methyl sites for hydroxylation is 2. The second-order valence-electron chi connectivity index (χ2n) is 5.60. The Kier molecular flexibility index (Phi) is 4.24. The van der Waals surface area contributed by atoms with Crippen LogP contribution in [0, 0.1) is 6.92 Å². The predicted molar refractivity (Wildman–Crippen MR) is 97.4 cm³/mol. The van der Waals surface area contributed by atoms with Crippen molar-refractivity contribution in [3.8, 4) is 16.9 Å². The Morgan fingerprint density at radius 2 is 2.25 bits per heavy atom. The van der Waals surface area contributed by atoms with Gasteiger partial charge in [-0.3, -0.25) is 4.68 Å².